The Balaban J connectivity index is 1.36. The van der Waals surface area contributed by atoms with Gasteiger partial charge in [-0.25, -0.2) is 0 Å². The number of rotatable bonds is 4. The fourth-order valence-corrected chi connectivity index (χ4v) is 4.65. The van der Waals surface area contributed by atoms with Crippen LogP contribution in [0.2, 0.25) is 5.02 Å². The van der Waals surface area contributed by atoms with Gasteiger partial charge in [-0.1, -0.05) is 24.1 Å². The number of carbonyl (C=O) groups excluding carboxylic acids is 1. The molecule has 1 amide bonds. The first-order valence-corrected chi connectivity index (χ1v) is 10.5. The Morgan fingerprint density at radius 2 is 1.78 bits per heavy atom. The highest BCUT2D eigenvalue weighted by Gasteiger charge is 2.27. The van der Waals surface area contributed by atoms with Gasteiger partial charge in [-0.05, 0) is 69.1 Å². The summed E-state index contributed by atoms with van der Waals surface area (Å²) in [6.07, 6.45) is 8.70. The van der Waals surface area contributed by atoms with Crippen molar-refractivity contribution >= 4 is 17.5 Å². The number of carbonyl (C=O) groups is 1. The third-order valence-corrected chi connectivity index (χ3v) is 6.21. The van der Waals surface area contributed by atoms with Gasteiger partial charge in [0.2, 0.25) is 5.91 Å². The van der Waals surface area contributed by atoms with Crippen LogP contribution in [0.5, 0.6) is 0 Å². The van der Waals surface area contributed by atoms with Crippen LogP contribution < -0.4 is 0 Å². The van der Waals surface area contributed by atoms with Gasteiger partial charge in [0.15, 0.2) is 0 Å². The van der Waals surface area contributed by atoms with Gasteiger partial charge in [0.05, 0.1) is 6.42 Å². The maximum Gasteiger partial charge on any atom is 0.228 e. The highest BCUT2D eigenvalue weighted by molar-refractivity contribution is 6.30. The molecule has 5 heteroatoms. The molecule has 1 aromatic heterocycles. The number of hydrogen-bond acceptors (Lipinski definition) is 2. The van der Waals surface area contributed by atoms with Crippen molar-refractivity contribution in [1.29, 1.82) is 0 Å². The van der Waals surface area contributed by atoms with E-state index in [-0.39, 0.29) is 5.91 Å². The van der Waals surface area contributed by atoms with Crippen LogP contribution in [0, 0.1) is 0 Å². The predicted molar refractivity (Wildman–Crippen MR) is 110 cm³/mol. The first kappa shape index (κ1) is 18.6. The maximum absolute atomic E-state index is 12.9. The van der Waals surface area contributed by atoms with Crippen LogP contribution in [0.1, 0.15) is 37.8 Å². The summed E-state index contributed by atoms with van der Waals surface area (Å²) < 4.78 is 2.06. The summed E-state index contributed by atoms with van der Waals surface area (Å²) in [6, 6.07) is 12.4. The molecule has 0 atom stereocenters. The molecule has 144 valence electrons. The molecular weight excluding hydrogens is 358 g/mol. The predicted octanol–water partition coefficient (Wildman–Crippen LogP) is 4.15. The van der Waals surface area contributed by atoms with Gasteiger partial charge in [0, 0.05) is 41.7 Å². The normalized spacial score (nSPS) is 19.4. The summed E-state index contributed by atoms with van der Waals surface area (Å²) in [5.41, 5.74) is 2.01. The number of piperidine rings is 2. The minimum absolute atomic E-state index is 0.231. The lowest BCUT2D eigenvalue weighted by molar-refractivity contribution is -0.132. The van der Waals surface area contributed by atoms with Crippen molar-refractivity contribution in [2.45, 2.75) is 44.6 Å². The standard InChI is InChI=1S/C22H28ClN3O/c23-18-6-4-7-20(16-18)26-13-5-8-21(26)17-22(27)25-14-9-19(10-15-25)24-11-2-1-3-12-24/h4-8,13,16,19H,1-3,9-12,14-15,17H2. The van der Waals surface area contributed by atoms with Crippen molar-refractivity contribution in [3.05, 3.63) is 53.3 Å². The van der Waals surface area contributed by atoms with Crippen molar-refractivity contribution in [3.8, 4) is 5.69 Å². The zero-order valence-corrected chi connectivity index (χ0v) is 16.6. The first-order chi connectivity index (χ1) is 13.2. The molecule has 1 aromatic carbocycles. The quantitative estimate of drug-likeness (QED) is 0.790. The lowest BCUT2D eigenvalue weighted by Gasteiger charge is -2.40. The second-order valence-electron chi connectivity index (χ2n) is 7.73. The van der Waals surface area contributed by atoms with E-state index in [1.807, 2.05) is 42.6 Å². The van der Waals surface area contributed by atoms with Crippen molar-refractivity contribution < 1.29 is 4.79 Å². The molecule has 3 heterocycles. The molecule has 2 fully saturated rings. The highest BCUT2D eigenvalue weighted by atomic mass is 35.5. The SMILES string of the molecule is O=C(Cc1cccn1-c1cccc(Cl)c1)N1CCC(N2CCCCC2)CC1. The van der Waals surface area contributed by atoms with Crippen molar-refractivity contribution in [2.75, 3.05) is 26.2 Å². The van der Waals surface area contributed by atoms with Gasteiger partial charge in [-0.2, -0.15) is 0 Å². The van der Waals surface area contributed by atoms with Crippen molar-refractivity contribution in [3.63, 3.8) is 0 Å². The monoisotopic (exact) mass is 385 g/mol. The average molecular weight is 386 g/mol. The van der Waals surface area contributed by atoms with E-state index in [9.17, 15) is 4.79 Å². The molecule has 0 spiro atoms. The van der Waals surface area contributed by atoms with Gasteiger partial charge in [0.1, 0.15) is 0 Å². The summed E-state index contributed by atoms with van der Waals surface area (Å²) in [4.78, 5) is 17.6. The Bertz CT molecular complexity index is 773. The molecule has 4 nitrogen and oxygen atoms in total. The van der Waals surface area contributed by atoms with Crippen LogP contribution in [0.15, 0.2) is 42.6 Å². The fourth-order valence-electron chi connectivity index (χ4n) is 4.47. The minimum Gasteiger partial charge on any atom is -0.342 e. The molecule has 0 N–H and O–H groups in total. The fraction of sp³-hybridized carbons (Fsp3) is 0.500. The first-order valence-electron chi connectivity index (χ1n) is 10.1. The summed E-state index contributed by atoms with van der Waals surface area (Å²) in [7, 11) is 0. The summed E-state index contributed by atoms with van der Waals surface area (Å²) in [6.45, 7) is 4.26. The van der Waals surface area contributed by atoms with E-state index in [4.69, 9.17) is 11.6 Å². The van der Waals surface area contributed by atoms with Gasteiger partial charge in [0.25, 0.3) is 0 Å². The van der Waals surface area contributed by atoms with Crippen LogP contribution in [0.25, 0.3) is 5.69 Å². The lowest BCUT2D eigenvalue weighted by Crippen LogP contribution is -2.48. The molecule has 2 aromatic rings. The van der Waals surface area contributed by atoms with Crippen LogP contribution in [-0.2, 0) is 11.2 Å². The summed E-state index contributed by atoms with van der Waals surface area (Å²) in [5.74, 6) is 0.231. The molecule has 0 radical (unpaired) electrons. The molecule has 2 aliphatic heterocycles. The minimum atomic E-state index is 0.231. The topological polar surface area (TPSA) is 28.5 Å². The maximum atomic E-state index is 12.9. The Labute approximate surface area is 166 Å². The molecule has 0 aliphatic carbocycles. The second-order valence-corrected chi connectivity index (χ2v) is 8.17. The van der Waals surface area contributed by atoms with Crippen LogP contribution in [-0.4, -0.2) is 52.5 Å². The Morgan fingerprint density at radius 3 is 2.52 bits per heavy atom. The van der Waals surface area contributed by atoms with Crippen molar-refractivity contribution in [1.82, 2.24) is 14.4 Å². The molecule has 0 saturated carbocycles. The number of aromatic nitrogens is 1. The zero-order chi connectivity index (χ0) is 18.6. The van der Waals surface area contributed by atoms with E-state index >= 15 is 0 Å². The van der Waals surface area contributed by atoms with Gasteiger partial charge in [-0.15, -0.1) is 0 Å². The molecule has 27 heavy (non-hydrogen) atoms. The van der Waals surface area contributed by atoms with E-state index in [2.05, 4.69) is 14.4 Å². The highest BCUT2D eigenvalue weighted by Crippen LogP contribution is 2.22. The number of nitrogens with zero attached hydrogens (tertiary/aromatic N) is 3. The third-order valence-electron chi connectivity index (χ3n) is 5.98. The Kier molecular flexibility index (Phi) is 5.84. The Morgan fingerprint density at radius 1 is 1.00 bits per heavy atom. The van der Waals surface area contributed by atoms with Crippen molar-refractivity contribution in [2.24, 2.45) is 0 Å². The molecule has 0 bridgehead atoms. The third kappa shape index (κ3) is 4.39. The van der Waals surface area contributed by atoms with Crippen LogP contribution in [0.3, 0.4) is 0 Å². The van der Waals surface area contributed by atoms with Gasteiger partial charge >= 0.3 is 0 Å². The van der Waals surface area contributed by atoms with Crippen LogP contribution in [0.4, 0.5) is 0 Å². The average Bonchev–Trinajstić information content (AvgIpc) is 3.17. The van der Waals surface area contributed by atoms with Gasteiger partial charge < -0.3 is 14.4 Å². The number of benzene rings is 1. The summed E-state index contributed by atoms with van der Waals surface area (Å²) in [5, 5.41) is 0.707. The largest absolute Gasteiger partial charge is 0.342 e. The molecule has 0 unspecified atom stereocenters. The number of likely N-dealkylation sites (tertiary alicyclic amines) is 2. The number of hydrogen-bond donors (Lipinski definition) is 0. The van der Waals surface area contributed by atoms with E-state index in [0.29, 0.717) is 17.5 Å². The second kappa shape index (κ2) is 8.49. The van der Waals surface area contributed by atoms with E-state index in [1.165, 1.54) is 32.4 Å². The number of amides is 1. The Hall–Kier alpha value is -1.78. The summed E-state index contributed by atoms with van der Waals surface area (Å²) >= 11 is 6.13. The molecule has 4 rings (SSSR count). The smallest absolute Gasteiger partial charge is 0.228 e. The van der Waals surface area contributed by atoms with E-state index < -0.39 is 0 Å². The molecular formula is C22H28ClN3O. The lowest BCUT2D eigenvalue weighted by atomic mass is 9.99. The van der Waals surface area contributed by atoms with Gasteiger partial charge in [-0.3, -0.25) is 4.79 Å². The zero-order valence-electron chi connectivity index (χ0n) is 15.8. The molecule has 2 aliphatic rings. The van der Waals surface area contributed by atoms with E-state index in [1.54, 1.807) is 0 Å². The molecule has 2 saturated heterocycles. The van der Waals surface area contributed by atoms with Crippen LogP contribution >= 0.6 is 11.6 Å². The number of halogens is 1. The van der Waals surface area contributed by atoms with E-state index in [0.717, 1.165) is 37.3 Å².